The molecule has 0 saturated heterocycles. The number of nitro groups is 1. The van der Waals surface area contributed by atoms with Gasteiger partial charge in [-0.3, -0.25) is 10.1 Å². The lowest BCUT2D eigenvalue weighted by molar-refractivity contribution is -0.385. The molecule has 2 N–H and O–H groups in total. The highest BCUT2D eigenvalue weighted by molar-refractivity contribution is 5.97. The van der Waals surface area contributed by atoms with Gasteiger partial charge in [-0.2, -0.15) is 0 Å². The van der Waals surface area contributed by atoms with Crippen LogP contribution in [0.3, 0.4) is 0 Å². The van der Waals surface area contributed by atoms with Gasteiger partial charge < -0.3 is 15.3 Å². The smallest absolute Gasteiger partial charge is 0.339 e. The minimum Gasteiger partial charge on any atom is -0.497 e. The summed E-state index contributed by atoms with van der Waals surface area (Å²) >= 11 is 0. The van der Waals surface area contributed by atoms with Crippen LogP contribution in [0.4, 0.5) is 5.69 Å². The van der Waals surface area contributed by atoms with Crippen molar-refractivity contribution in [3.05, 3.63) is 69.8 Å². The Morgan fingerprint density at radius 2 is 1.88 bits per heavy atom. The Balaban J connectivity index is 2.03. The number of hydrogen-bond acceptors (Lipinski definition) is 6. The highest BCUT2D eigenvalue weighted by Gasteiger charge is 2.16. The lowest BCUT2D eigenvalue weighted by Gasteiger charge is -2.03. The summed E-state index contributed by atoms with van der Waals surface area (Å²) < 4.78 is 5.02. The predicted molar refractivity (Wildman–Crippen MR) is 86.6 cm³/mol. The average molecular weight is 329 g/mol. The largest absolute Gasteiger partial charge is 0.497 e. The molecule has 24 heavy (non-hydrogen) atoms. The van der Waals surface area contributed by atoms with E-state index in [9.17, 15) is 14.9 Å². The summed E-state index contributed by atoms with van der Waals surface area (Å²) in [6.07, 6.45) is -0.281. The van der Waals surface area contributed by atoms with E-state index in [0.717, 1.165) is 0 Å². The summed E-state index contributed by atoms with van der Waals surface area (Å²) in [7, 11) is 1.54. The molecule has 0 amide bonds. The number of carbonyl (C=O) groups is 1. The van der Waals surface area contributed by atoms with Gasteiger partial charge in [0.15, 0.2) is 5.84 Å². The molecule has 0 atom stereocenters. The van der Waals surface area contributed by atoms with E-state index in [-0.39, 0.29) is 23.5 Å². The third kappa shape index (κ3) is 4.29. The summed E-state index contributed by atoms with van der Waals surface area (Å²) in [5.74, 6) is -0.0886. The zero-order valence-corrected chi connectivity index (χ0v) is 12.8. The molecule has 0 fully saturated rings. The minimum atomic E-state index is -0.749. The molecule has 0 heterocycles. The van der Waals surface area contributed by atoms with Gasteiger partial charge in [0.05, 0.1) is 18.5 Å². The van der Waals surface area contributed by atoms with E-state index >= 15 is 0 Å². The molecular formula is C16H15N3O5. The summed E-state index contributed by atoms with van der Waals surface area (Å²) in [4.78, 5) is 26.9. The lowest BCUT2D eigenvalue weighted by atomic mass is 10.1. The fraction of sp³-hybridized carbons (Fsp3) is 0.125. The van der Waals surface area contributed by atoms with E-state index in [0.29, 0.717) is 11.3 Å². The fourth-order valence-electron chi connectivity index (χ4n) is 1.94. The van der Waals surface area contributed by atoms with Crippen molar-refractivity contribution in [1.29, 1.82) is 0 Å². The van der Waals surface area contributed by atoms with E-state index in [1.807, 2.05) is 0 Å². The zero-order chi connectivity index (χ0) is 17.5. The fourth-order valence-corrected chi connectivity index (χ4v) is 1.94. The van der Waals surface area contributed by atoms with Gasteiger partial charge in [-0.05, 0) is 24.3 Å². The molecule has 0 saturated carbocycles. The molecule has 0 bridgehead atoms. The third-order valence-corrected chi connectivity index (χ3v) is 3.15. The third-order valence-electron chi connectivity index (χ3n) is 3.15. The Labute approximate surface area is 137 Å². The Morgan fingerprint density at radius 1 is 1.21 bits per heavy atom. The number of hydrogen-bond donors (Lipinski definition) is 1. The van der Waals surface area contributed by atoms with Crippen molar-refractivity contribution in [2.45, 2.75) is 6.42 Å². The van der Waals surface area contributed by atoms with E-state index < -0.39 is 10.9 Å². The van der Waals surface area contributed by atoms with Crippen LogP contribution in [0, 0.1) is 10.1 Å². The number of amidine groups is 1. The normalized spacial score (nSPS) is 11.0. The van der Waals surface area contributed by atoms with Crippen molar-refractivity contribution in [3.63, 3.8) is 0 Å². The van der Waals surface area contributed by atoms with Gasteiger partial charge in [0.2, 0.25) is 0 Å². The van der Waals surface area contributed by atoms with Crippen molar-refractivity contribution < 1.29 is 19.3 Å². The lowest BCUT2D eigenvalue weighted by Crippen LogP contribution is -2.16. The Hall–Kier alpha value is -3.42. The summed E-state index contributed by atoms with van der Waals surface area (Å²) in [6.45, 7) is 0. The monoisotopic (exact) mass is 329 g/mol. The highest BCUT2D eigenvalue weighted by Crippen LogP contribution is 2.18. The van der Waals surface area contributed by atoms with Gasteiger partial charge >= 0.3 is 5.97 Å². The quantitative estimate of drug-likeness (QED) is 0.285. The van der Waals surface area contributed by atoms with E-state index in [2.05, 4.69) is 5.16 Å². The number of oxime groups is 1. The Morgan fingerprint density at radius 3 is 2.50 bits per heavy atom. The van der Waals surface area contributed by atoms with Gasteiger partial charge in [-0.25, -0.2) is 4.79 Å². The van der Waals surface area contributed by atoms with Gasteiger partial charge in [-0.15, -0.1) is 0 Å². The molecule has 0 spiro atoms. The van der Waals surface area contributed by atoms with Gasteiger partial charge in [0.1, 0.15) is 5.75 Å². The summed E-state index contributed by atoms with van der Waals surface area (Å²) in [6, 6.07) is 12.6. The molecule has 2 aromatic rings. The maximum atomic E-state index is 11.8. The van der Waals surface area contributed by atoms with Gasteiger partial charge in [0.25, 0.3) is 5.69 Å². The van der Waals surface area contributed by atoms with Crippen LogP contribution in [-0.2, 0) is 16.1 Å². The van der Waals surface area contributed by atoms with Crippen molar-refractivity contribution in [2.75, 3.05) is 7.11 Å². The number of para-hydroxylation sites is 1. The maximum absolute atomic E-state index is 11.8. The molecule has 0 aliphatic carbocycles. The zero-order valence-electron chi connectivity index (χ0n) is 12.8. The average Bonchev–Trinajstić information content (AvgIpc) is 2.60. The second-order valence-corrected chi connectivity index (χ2v) is 4.73. The topological polar surface area (TPSA) is 117 Å². The maximum Gasteiger partial charge on any atom is 0.339 e. The van der Waals surface area contributed by atoms with E-state index in [1.54, 1.807) is 30.3 Å². The van der Waals surface area contributed by atoms with Crippen molar-refractivity contribution in [2.24, 2.45) is 10.9 Å². The first kappa shape index (κ1) is 16.9. The van der Waals surface area contributed by atoms with Crippen molar-refractivity contribution >= 4 is 17.5 Å². The molecule has 0 aliphatic heterocycles. The number of nitrogens with two attached hydrogens (primary N) is 1. The molecule has 8 heteroatoms. The summed E-state index contributed by atoms with van der Waals surface area (Å²) in [5.41, 5.74) is 6.37. The van der Waals surface area contributed by atoms with Crippen LogP contribution in [0.5, 0.6) is 5.75 Å². The molecule has 0 radical (unpaired) electrons. The second kappa shape index (κ2) is 7.73. The van der Waals surface area contributed by atoms with Crippen LogP contribution in [0.1, 0.15) is 11.1 Å². The number of nitro benzene ring substituents is 1. The van der Waals surface area contributed by atoms with Crippen LogP contribution in [0.2, 0.25) is 0 Å². The van der Waals surface area contributed by atoms with Crippen LogP contribution in [-0.4, -0.2) is 23.8 Å². The van der Waals surface area contributed by atoms with Crippen LogP contribution < -0.4 is 10.5 Å². The molecule has 0 unspecified atom stereocenters. The molecule has 8 nitrogen and oxygen atoms in total. The molecule has 124 valence electrons. The number of benzene rings is 2. The van der Waals surface area contributed by atoms with Crippen molar-refractivity contribution in [1.82, 2.24) is 0 Å². The molecule has 2 rings (SSSR count). The first-order valence-electron chi connectivity index (χ1n) is 6.91. The molecule has 0 aromatic heterocycles. The van der Waals surface area contributed by atoms with Crippen molar-refractivity contribution in [3.8, 4) is 5.75 Å². The van der Waals surface area contributed by atoms with Gasteiger partial charge in [-0.1, -0.05) is 23.4 Å². The first-order chi connectivity index (χ1) is 11.5. The first-order valence-corrected chi connectivity index (χ1v) is 6.91. The SMILES string of the molecule is COc1ccc(C(N)=NOC(=O)Cc2ccccc2[N+](=O)[O-])cc1. The van der Waals surface area contributed by atoms with E-state index in [4.69, 9.17) is 15.3 Å². The number of ether oxygens (including phenoxy) is 1. The minimum absolute atomic E-state index is 0.00793. The molecular weight excluding hydrogens is 314 g/mol. The molecule has 0 aliphatic rings. The van der Waals surface area contributed by atoms with Crippen LogP contribution >= 0.6 is 0 Å². The Kier molecular flexibility index (Phi) is 5.45. The number of nitrogens with zero attached hydrogens (tertiary/aromatic N) is 2. The number of methoxy groups -OCH3 is 1. The summed E-state index contributed by atoms with van der Waals surface area (Å²) in [5, 5.41) is 14.5. The molecule has 2 aromatic carbocycles. The number of carbonyl (C=O) groups excluding carboxylic acids is 1. The van der Waals surface area contributed by atoms with E-state index in [1.165, 1.54) is 25.3 Å². The van der Waals surface area contributed by atoms with Gasteiger partial charge in [0, 0.05) is 17.2 Å². The van der Waals surface area contributed by atoms with Crippen LogP contribution in [0.15, 0.2) is 53.7 Å². The predicted octanol–water partition coefficient (Wildman–Crippen LogP) is 2.01. The standard InChI is InChI=1S/C16H15N3O5/c1-23-13-8-6-11(7-9-13)16(17)18-24-15(20)10-12-4-2-3-5-14(12)19(21)22/h2-9H,10H2,1H3,(H2,17,18). The van der Waals surface area contributed by atoms with Crippen LogP contribution in [0.25, 0.3) is 0 Å². The Bertz CT molecular complexity index is 772. The highest BCUT2D eigenvalue weighted by atomic mass is 16.7. The second-order valence-electron chi connectivity index (χ2n) is 4.73. The number of rotatable bonds is 6.